The van der Waals surface area contributed by atoms with Crippen molar-refractivity contribution in [2.45, 2.75) is 12.2 Å². The third kappa shape index (κ3) is 8.21. The maximum Gasteiger partial charge on any atom is 0.340 e. The first-order chi connectivity index (χ1) is 14.3. The topological polar surface area (TPSA) is 152 Å². The van der Waals surface area contributed by atoms with Gasteiger partial charge in [-0.3, -0.25) is 0 Å². The molecular weight excluding hydrogens is 400 g/mol. The standard InChI is InChI=1S/C20H26O10/c1-3-7-27-9-13(21)11-29-16-6-5-15(19(23)24)17(20(25)26)18(16)30-12-14(22)10-28-8-4-2/h3-6,13-14,21-22H,1-2,7-12H2,(H,23,24)(H,25,26). The maximum atomic E-state index is 11.7. The lowest BCUT2D eigenvalue weighted by atomic mass is 10.1. The van der Waals surface area contributed by atoms with Crippen molar-refractivity contribution in [2.24, 2.45) is 0 Å². The van der Waals surface area contributed by atoms with E-state index in [1.165, 1.54) is 18.2 Å². The lowest BCUT2D eigenvalue weighted by Crippen LogP contribution is -2.26. The molecule has 0 spiro atoms. The van der Waals surface area contributed by atoms with Crippen LogP contribution in [0.25, 0.3) is 0 Å². The van der Waals surface area contributed by atoms with Crippen molar-refractivity contribution in [1.82, 2.24) is 0 Å². The third-order valence-electron chi connectivity index (χ3n) is 3.51. The highest BCUT2D eigenvalue weighted by Crippen LogP contribution is 2.34. The fourth-order valence-corrected chi connectivity index (χ4v) is 2.25. The van der Waals surface area contributed by atoms with Gasteiger partial charge in [0.15, 0.2) is 11.5 Å². The lowest BCUT2D eigenvalue weighted by Gasteiger charge is -2.19. The van der Waals surface area contributed by atoms with Crippen LogP contribution in [0.4, 0.5) is 0 Å². The van der Waals surface area contributed by atoms with Gasteiger partial charge in [0.2, 0.25) is 0 Å². The zero-order valence-electron chi connectivity index (χ0n) is 16.4. The second-order valence-electron chi connectivity index (χ2n) is 6.01. The summed E-state index contributed by atoms with van der Waals surface area (Å²) in [7, 11) is 0. The number of aliphatic hydroxyl groups excluding tert-OH is 2. The Bertz CT molecular complexity index is 731. The molecule has 2 unspecified atom stereocenters. The highest BCUT2D eigenvalue weighted by atomic mass is 16.5. The minimum absolute atomic E-state index is 0.0550. The number of carboxylic acid groups (broad SMARTS) is 2. The van der Waals surface area contributed by atoms with E-state index in [9.17, 15) is 30.0 Å². The van der Waals surface area contributed by atoms with Crippen molar-refractivity contribution in [3.63, 3.8) is 0 Å². The summed E-state index contributed by atoms with van der Waals surface area (Å²) in [5.41, 5.74) is -1.16. The summed E-state index contributed by atoms with van der Waals surface area (Å²) < 4.78 is 21.0. The molecule has 2 atom stereocenters. The van der Waals surface area contributed by atoms with E-state index >= 15 is 0 Å². The Morgan fingerprint density at radius 2 is 1.40 bits per heavy atom. The molecule has 0 saturated heterocycles. The first kappa shape index (κ1) is 25.1. The van der Waals surface area contributed by atoms with Gasteiger partial charge in [0, 0.05) is 0 Å². The molecule has 10 heteroatoms. The van der Waals surface area contributed by atoms with E-state index in [-0.39, 0.29) is 51.1 Å². The first-order valence-corrected chi connectivity index (χ1v) is 8.94. The second-order valence-corrected chi connectivity index (χ2v) is 6.01. The largest absolute Gasteiger partial charge is 0.487 e. The van der Waals surface area contributed by atoms with Crippen LogP contribution in [-0.2, 0) is 9.47 Å². The van der Waals surface area contributed by atoms with Crippen molar-refractivity contribution in [1.29, 1.82) is 0 Å². The molecule has 0 saturated carbocycles. The van der Waals surface area contributed by atoms with Gasteiger partial charge in [-0.05, 0) is 12.1 Å². The predicted molar refractivity (Wildman–Crippen MR) is 105 cm³/mol. The van der Waals surface area contributed by atoms with Gasteiger partial charge in [-0.15, -0.1) is 13.2 Å². The first-order valence-electron chi connectivity index (χ1n) is 8.94. The molecule has 0 bridgehead atoms. The van der Waals surface area contributed by atoms with Crippen molar-refractivity contribution in [3.8, 4) is 11.5 Å². The van der Waals surface area contributed by atoms with Gasteiger partial charge in [0.25, 0.3) is 0 Å². The molecule has 166 valence electrons. The number of aromatic carboxylic acids is 2. The monoisotopic (exact) mass is 426 g/mol. The molecule has 10 nitrogen and oxygen atoms in total. The number of ether oxygens (including phenoxy) is 4. The predicted octanol–water partition coefficient (Wildman–Crippen LogP) is 0.968. The summed E-state index contributed by atoms with van der Waals surface area (Å²) in [5, 5.41) is 38.6. The number of hydrogen-bond acceptors (Lipinski definition) is 8. The van der Waals surface area contributed by atoms with Gasteiger partial charge in [-0.2, -0.15) is 0 Å². The molecule has 0 aliphatic carbocycles. The summed E-state index contributed by atoms with van der Waals surface area (Å²) in [6.07, 6.45) is 0.837. The second kappa shape index (κ2) is 13.3. The van der Waals surface area contributed by atoms with Crippen LogP contribution in [0.5, 0.6) is 11.5 Å². The normalized spacial score (nSPS) is 12.6. The Morgan fingerprint density at radius 3 is 1.87 bits per heavy atom. The molecule has 1 aromatic rings. The highest BCUT2D eigenvalue weighted by molar-refractivity contribution is 6.04. The number of rotatable bonds is 16. The Balaban J connectivity index is 3.03. The van der Waals surface area contributed by atoms with E-state index < -0.39 is 35.3 Å². The van der Waals surface area contributed by atoms with E-state index in [1.807, 2.05) is 0 Å². The van der Waals surface area contributed by atoms with Crippen LogP contribution in [0.1, 0.15) is 20.7 Å². The fourth-order valence-electron chi connectivity index (χ4n) is 2.25. The van der Waals surface area contributed by atoms with Gasteiger partial charge < -0.3 is 39.4 Å². The van der Waals surface area contributed by atoms with Crippen molar-refractivity contribution in [3.05, 3.63) is 48.6 Å². The minimum Gasteiger partial charge on any atom is -0.487 e. The van der Waals surface area contributed by atoms with Crippen LogP contribution >= 0.6 is 0 Å². The number of carboxylic acids is 2. The highest BCUT2D eigenvalue weighted by Gasteiger charge is 2.26. The molecule has 0 radical (unpaired) electrons. The Kier molecular flexibility index (Phi) is 11.2. The van der Waals surface area contributed by atoms with Gasteiger partial charge in [-0.1, -0.05) is 12.2 Å². The summed E-state index contributed by atoms with van der Waals surface area (Å²) in [6, 6.07) is 2.27. The van der Waals surface area contributed by atoms with Crippen LogP contribution in [0.3, 0.4) is 0 Å². The van der Waals surface area contributed by atoms with Gasteiger partial charge in [0.05, 0.1) is 32.0 Å². The molecule has 0 amide bonds. The van der Waals surface area contributed by atoms with Crippen LogP contribution in [0.15, 0.2) is 37.4 Å². The molecular formula is C20H26O10. The molecule has 30 heavy (non-hydrogen) atoms. The molecule has 0 fully saturated rings. The van der Waals surface area contributed by atoms with E-state index in [1.54, 1.807) is 0 Å². The Labute approximate surface area is 173 Å². The van der Waals surface area contributed by atoms with Gasteiger partial charge in [0.1, 0.15) is 31.0 Å². The van der Waals surface area contributed by atoms with E-state index in [2.05, 4.69) is 13.2 Å². The Morgan fingerprint density at radius 1 is 0.867 bits per heavy atom. The lowest BCUT2D eigenvalue weighted by molar-refractivity contribution is 0.0148. The van der Waals surface area contributed by atoms with Crippen LogP contribution in [-0.4, -0.2) is 84.2 Å². The van der Waals surface area contributed by atoms with Crippen molar-refractivity contribution in [2.75, 3.05) is 39.6 Å². The fraction of sp³-hybridized carbons (Fsp3) is 0.400. The van der Waals surface area contributed by atoms with E-state index in [0.717, 1.165) is 6.07 Å². The van der Waals surface area contributed by atoms with Crippen molar-refractivity contribution < 1.29 is 49.0 Å². The molecule has 1 rings (SSSR count). The van der Waals surface area contributed by atoms with E-state index in [4.69, 9.17) is 18.9 Å². The minimum atomic E-state index is -1.56. The molecule has 0 aromatic heterocycles. The smallest absolute Gasteiger partial charge is 0.340 e. The molecule has 0 aliphatic heterocycles. The zero-order valence-corrected chi connectivity index (χ0v) is 16.4. The van der Waals surface area contributed by atoms with E-state index in [0.29, 0.717) is 0 Å². The number of carbonyl (C=O) groups is 2. The average Bonchev–Trinajstić information content (AvgIpc) is 2.70. The third-order valence-corrected chi connectivity index (χ3v) is 3.51. The number of hydrogen-bond donors (Lipinski definition) is 4. The van der Waals surface area contributed by atoms with Crippen LogP contribution in [0.2, 0.25) is 0 Å². The number of benzene rings is 1. The summed E-state index contributed by atoms with van der Waals surface area (Å²) in [5.74, 6) is -3.53. The molecule has 4 N–H and O–H groups in total. The molecule has 1 aromatic carbocycles. The molecule has 0 heterocycles. The summed E-state index contributed by atoms with van der Waals surface area (Å²) in [6.45, 7) is 6.55. The van der Waals surface area contributed by atoms with Crippen molar-refractivity contribution >= 4 is 11.9 Å². The summed E-state index contributed by atoms with van der Waals surface area (Å²) >= 11 is 0. The van der Waals surface area contributed by atoms with Crippen LogP contribution in [0, 0.1) is 0 Å². The maximum absolute atomic E-state index is 11.7. The Hall–Kier alpha value is -2.92. The van der Waals surface area contributed by atoms with Gasteiger partial charge >= 0.3 is 11.9 Å². The average molecular weight is 426 g/mol. The quantitative estimate of drug-likeness (QED) is 0.222. The van der Waals surface area contributed by atoms with Gasteiger partial charge in [-0.25, -0.2) is 9.59 Å². The van der Waals surface area contributed by atoms with Crippen LogP contribution < -0.4 is 9.47 Å². The zero-order chi connectivity index (χ0) is 22.5. The number of aliphatic hydroxyl groups is 2. The molecule has 0 aliphatic rings. The SMILES string of the molecule is C=CCOCC(O)COc1ccc(C(=O)O)c(C(=O)O)c1OCC(O)COCC=C. The summed E-state index contributed by atoms with van der Waals surface area (Å²) in [4.78, 5) is 23.1.